The molecular weight excluding hydrogens is 267 g/mol. The predicted molar refractivity (Wildman–Crippen MR) is 57.1 cm³/mol. The van der Waals surface area contributed by atoms with Gasteiger partial charge in [-0.1, -0.05) is 0 Å². The number of fused-ring (bicyclic) bond motifs is 1. The highest BCUT2D eigenvalue weighted by Gasteiger charge is 2.21. The lowest BCUT2D eigenvalue weighted by Gasteiger charge is -2.20. The molecule has 0 aliphatic carbocycles. The first kappa shape index (κ1) is 9.97. The zero-order valence-electron chi connectivity index (χ0n) is 7.34. The maximum Gasteiger partial charge on any atom is 0.275 e. The van der Waals surface area contributed by atoms with Crippen LogP contribution in [0.15, 0.2) is 28.6 Å². The van der Waals surface area contributed by atoms with Crippen LogP contribution in [0.2, 0.25) is 0 Å². The van der Waals surface area contributed by atoms with Gasteiger partial charge in [-0.25, -0.2) is 4.39 Å². The van der Waals surface area contributed by atoms with E-state index in [2.05, 4.69) is 26.6 Å². The maximum atomic E-state index is 13.1. The standard InChI is InChI=1S/C9H6BrFN2O2/c10-4-1-6-7(2-5(4)11)13-9(15)8(3-14)12-6/h1-3,12,14H,(H,13,15). The van der Waals surface area contributed by atoms with Crippen LogP contribution in [0.3, 0.4) is 0 Å². The van der Waals surface area contributed by atoms with E-state index in [0.29, 0.717) is 17.6 Å². The summed E-state index contributed by atoms with van der Waals surface area (Å²) in [4.78, 5) is 11.2. The van der Waals surface area contributed by atoms with Crippen LogP contribution < -0.4 is 10.6 Å². The van der Waals surface area contributed by atoms with Crippen LogP contribution in [-0.2, 0) is 4.79 Å². The number of aliphatic hydroxyl groups is 1. The molecular formula is C9H6BrFN2O2. The third-order valence-electron chi connectivity index (χ3n) is 1.95. The minimum atomic E-state index is -0.508. The van der Waals surface area contributed by atoms with E-state index in [-0.39, 0.29) is 10.2 Å². The molecule has 0 saturated carbocycles. The van der Waals surface area contributed by atoms with Gasteiger partial charge in [-0.3, -0.25) is 4.79 Å². The summed E-state index contributed by atoms with van der Waals surface area (Å²) in [5.41, 5.74) is 0.871. The van der Waals surface area contributed by atoms with Crippen molar-refractivity contribution < 1.29 is 14.3 Å². The molecule has 1 heterocycles. The van der Waals surface area contributed by atoms with Crippen molar-refractivity contribution in [3.05, 3.63) is 34.4 Å². The summed E-state index contributed by atoms with van der Waals surface area (Å²) in [7, 11) is 0. The summed E-state index contributed by atoms with van der Waals surface area (Å²) in [6.45, 7) is 0. The summed E-state index contributed by atoms with van der Waals surface area (Å²) in [6, 6.07) is 2.67. The van der Waals surface area contributed by atoms with Crippen LogP contribution in [0.5, 0.6) is 0 Å². The van der Waals surface area contributed by atoms with Gasteiger partial charge in [0.1, 0.15) is 17.8 Å². The number of anilines is 2. The van der Waals surface area contributed by atoms with Crippen LogP contribution in [-0.4, -0.2) is 11.0 Å². The van der Waals surface area contributed by atoms with Gasteiger partial charge in [0.2, 0.25) is 0 Å². The van der Waals surface area contributed by atoms with Crippen LogP contribution in [0.1, 0.15) is 0 Å². The van der Waals surface area contributed by atoms with Gasteiger partial charge in [0.15, 0.2) is 0 Å². The van der Waals surface area contributed by atoms with Crippen molar-refractivity contribution in [1.82, 2.24) is 0 Å². The zero-order valence-corrected chi connectivity index (χ0v) is 8.93. The number of halogens is 2. The lowest BCUT2D eigenvalue weighted by Crippen LogP contribution is -2.25. The van der Waals surface area contributed by atoms with Gasteiger partial charge in [0, 0.05) is 6.07 Å². The molecule has 4 nitrogen and oxygen atoms in total. The Balaban J connectivity index is 2.50. The summed E-state index contributed by atoms with van der Waals surface area (Å²) in [5, 5.41) is 13.8. The monoisotopic (exact) mass is 272 g/mol. The van der Waals surface area contributed by atoms with E-state index in [1.807, 2.05) is 0 Å². The fraction of sp³-hybridized carbons (Fsp3) is 0. The van der Waals surface area contributed by atoms with Crippen LogP contribution in [0, 0.1) is 5.82 Å². The molecule has 3 N–H and O–H groups in total. The number of aliphatic hydroxyl groups excluding tert-OH is 1. The zero-order chi connectivity index (χ0) is 11.0. The molecule has 0 unspecified atom stereocenters. The van der Waals surface area contributed by atoms with Crippen molar-refractivity contribution in [2.75, 3.05) is 10.6 Å². The van der Waals surface area contributed by atoms with E-state index in [1.54, 1.807) is 0 Å². The Morgan fingerprint density at radius 2 is 2.00 bits per heavy atom. The van der Waals surface area contributed by atoms with Crippen LogP contribution in [0.4, 0.5) is 15.8 Å². The Hall–Kier alpha value is -1.56. The number of carbonyl (C=O) groups is 1. The highest BCUT2D eigenvalue weighted by molar-refractivity contribution is 9.10. The third-order valence-corrected chi connectivity index (χ3v) is 2.56. The van der Waals surface area contributed by atoms with Crippen molar-refractivity contribution in [3.8, 4) is 0 Å². The highest BCUT2D eigenvalue weighted by atomic mass is 79.9. The molecule has 1 aliphatic heterocycles. The molecule has 0 atom stereocenters. The number of hydrogen-bond donors (Lipinski definition) is 3. The summed E-state index contributed by atoms with van der Waals surface area (Å²) < 4.78 is 13.4. The Kier molecular flexibility index (Phi) is 2.36. The van der Waals surface area contributed by atoms with E-state index in [1.165, 1.54) is 12.1 Å². The first-order chi connectivity index (χ1) is 7.11. The third kappa shape index (κ3) is 1.68. The molecule has 0 bridgehead atoms. The van der Waals surface area contributed by atoms with Crippen molar-refractivity contribution in [3.63, 3.8) is 0 Å². The molecule has 0 fully saturated rings. The fourth-order valence-electron chi connectivity index (χ4n) is 1.24. The molecule has 1 aromatic carbocycles. The predicted octanol–water partition coefficient (Wildman–Crippen LogP) is 2.35. The number of rotatable bonds is 0. The van der Waals surface area contributed by atoms with Crippen LogP contribution in [0.25, 0.3) is 0 Å². The second kappa shape index (κ2) is 3.54. The van der Waals surface area contributed by atoms with E-state index in [0.717, 1.165) is 0 Å². The molecule has 2 rings (SSSR count). The van der Waals surface area contributed by atoms with Crippen LogP contribution >= 0.6 is 15.9 Å². The Morgan fingerprint density at radius 1 is 1.33 bits per heavy atom. The van der Waals surface area contributed by atoms with Gasteiger partial charge in [0.05, 0.1) is 15.8 Å². The van der Waals surface area contributed by atoms with Gasteiger partial charge in [-0.05, 0) is 22.0 Å². The van der Waals surface area contributed by atoms with Gasteiger partial charge in [0.25, 0.3) is 5.91 Å². The Labute approximate surface area is 92.9 Å². The first-order valence-electron chi connectivity index (χ1n) is 4.03. The SMILES string of the molecule is O=C1Nc2cc(F)c(Br)cc2NC1=CO. The second-order valence-corrected chi connectivity index (χ2v) is 3.79. The maximum absolute atomic E-state index is 13.1. The van der Waals surface area contributed by atoms with Crippen molar-refractivity contribution in [2.24, 2.45) is 0 Å². The number of hydrogen-bond acceptors (Lipinski definition) is 3. The quantitative estimate of drug-likeness (QED) is 0.502. The molecule has 0 saturated heterocycles. The Bertz CT molecular complexity index is 473. The van der Waals surface area contributed by atoms with Gasteiger partial charge in [-0.15, -0.1) is 0 Å². The van der Waals surface area contributed by atoms with Crippen molar-refractivity contribution >= 4 is 33.2 Å². The van der Waals surface area contributed by atoms with Crippen molar-refractivity contribution in [1.29, 1.82) is 0 Å². The number of nitrogens with one attached hydrogen (secondary N) is 2. The topological polar surface area (TPSA) is 61.4 Å². The first-order valence-corrected chi connectivity index (χ1v) is 4.83. The largest absolute Gasteiger partial charge is 0.513 e. The molecule has 0 radical (unpaired) electrons. The second-order valence-electron chi connectivity index (χ2n) is 2.93. The van der Waals surface area contributed by atoms with Crippen molar-refractivity contribution in [2.45, 2.75) is 0 Å². The molecule has 0 spiro atoms. The number of amides is 1. The van der Waals surface area contributed by atoms with Gasteiger partial charge < -0.3 is 15.7 Å². The number of benzene rings is 1. The molecule has 15 heavy (non-hydrogen) atoms. The van der Waals surface area contributed by atoms with E-state index in [9.17, 15) is 9.18 Å². The van der Waals surface area contributed by atoms with E-state index in [4.69, 9.17) is 5.11 Å². The van der Waals surface area contributed by atoms with Gasteiger partial charge >= 0.3 is 0 Å². The van der Waals surface area contributed by atoms with Gasteiger partial charge in [-0.2, -0.15) is 0 Å². The minimum absolute atomic E-state index is 0.0148. The minimum Gasteiger partial charge on any atom is -0.513 e. The highest BCUT2D eigenvalue weighted by Crippen LogP contribution is 2.32. The fourth-order valence-corrected chi connectivity index (χ4v) is 1.58. The normalized spacial score (nSPS) is 16.9. The summed E-state index contributed by atoms with van der Waals surface area (Å²) in [5.74, 6) is -0.973. The smallest absolute Gasteiger partial charge is 0.275 e. The van der Waals surface area contributed by atoms with E-state index >= 15 is 0 Å². The summed E-state index contributed by atoms with van der Waals surface area (Å²) >= 11 is 3.02. The average Bonchev–Trinajstić information content (AvgIpc) is 2.20. The summed E-state index contributed by atoms with van der Waals surface area (Å²) in [6.07, 6.45) is 0.662. The molecule has 1 amide bonds. The molecule has 1 aliphatic rings. The molecule has 1 aromatic rings. The molecule has 78 valence electrons. The number of carbonyl (C=O) groups excluding carboxylic acids is 1. The Morgan fingerprint density at radius 3 is 2.67 bits per heavy atom. The lowest BCUT2D eigenvalue weighted by atomic mass is 10.2. The average molecular weight is 273 g/mol. The molecule has 6 heteroatoms. The van der Waals surface area contributed by atoms with E-state index < -0.39 is 11.7 Å². The molecule has 0 aromatic heterocycles. The lowest BCUT2D eigenvalue weighted by molar-refractivity contribution is -0.112.